The Morgan fingerprint density at radius 2 is 1.95 bits per heavy atom. The standard InChI is InChI=1S/C15H12F2O2/c1-2-19-15(18)11-5-3-4-10(8-11)13-7-6-12(16)9-14(13)17/h3-9H,2H2,1H3. The summed E-state index contributed by atoms with van der Waals surface area (Å²) in [5.74, 6) is -1.77. The molecule has 2 nitrogen and oxygen atoms in total. The molecule has 0 amide bonds. The fourth-order valence-electron chi connectivity index (χ4n) is 1.75. The first-order chi connectivity index (χ1) is 9.11. The van der Waals surface area contributed by atoms with Gasteiger partial charge in [0.1, 0.15) is 11.6 Å². The van der Waals surface area contributed by atoms with Crippen LogP contribution in [0.3, 0.4) is 0 Å². The highest BCUT2D eigenvalue weighted by Crippen LogP contribution is 2.24. The van der Waals surface area contributed by atoms with Gasteiger partial charge in [0, 0.05) is 11.6 Å². The average Bonchev–Trinajstić information content (AvgIpc) is 2.39. The van der Waals surface area contributed by atoms with E-state index < -0.39 is 17.6 Å². The Morgan fingerprint density at radius 1 is 1.16 bits per heavy atom. The van der Waals surface area contributed by atoms with Crippen molar-refractivity contribution in [2.75, 3.05) is 6.61 Å². The molecule has 0 spiro atoms. The van der Waals surface area contributed by atoms with Crippen molar-refractivity contribution >= 4 is 5.97 Å². The summed E-state index contributed by atoms with van der Waals surface area (Å²) in [6.07, 6.45) is 0. The number of ether oxygens (including phenoxy) is 1. The zero-order chi connectivity index (χ0) is 13.8. The monoisotopic (exact) mass is 262 g/mol. The van der Waals surface area contributed by atoms with E-state index in [0.29, 0.717) is 11.1 Å². The number of hydrogen-bond donors (Lipinski definition) is 0. The molecule has 0 aliphatic carbocycles. The molecule has 0 atom stereocenters. The van der Waals surface area contributed by atoms with Crippen LogP contribution in [0.15, 0.2) is 42.5 Å². The third kappa shape index (κ3) is 2.96. The van der Waals surface area contributed by atoms with E-state index >= 15 is 0 Å². The summed E-state index contributed by atoms with van der Waals surface area (Å²) in [5, 5.41) is 0. The topological polar surface area (TPSA) is 26.3 Å². The lowest BCUT2D eigenvalue weighted by molar-refractivity contribution is 0.0526. The van der Waals surface area contributed by atoms with E-state index in [-0.39, 0.29) is 12.2 Å². The summed E-state index contributed by atoms with van der Waals surface area (Å²) in [6, 6.07) is 9.72. The summed E-state index contributed by atoms with van der Waals surface area (Å²) in [4.78, 5) is 11.6. The number of hydrogen-bond acceptors (Lipinski definition) is 2. The van der Waals surface area contributed by atoms with Crippen LogP contribution >= 0.6 is 0 Å². The molecule has 98 valence electrons. The Balaban J connectivity index is 2.40. The maximum Gasteiger partial charge on any atom is 0.338 e. The summed E-state index contributed by atoms with van der Waals surface area (Å²) in [7, 11) is 0. The highest BCUT2D eigenvalue weighted by Gasteiger charge is 2.10. The number of carbonyl (C=O) groups is 1. The van der Waals surface area contributed by atoms with Crippen LogP contribution in [0.1, 0.15) is 17.3 Å². The SMILES string of the molecule is CCOC(=O)c1cccc(-c2ccc(F)cc2F)c1. The lowest BCUT2D eigenvalue weighted by atomic mass is 10.0. The van der Waals surface area contributed by atoms with Gasteiger partial charge in [-0.2, -0.15) is 0 Å². The molecule has 0 aliphatic rings. The van der Waals surface area contributed by atoms with Gasteiger partial charge in [0.15, 0.2) is 0 Å². The Bertz CT molecular complexity index is 609. The quantitative estimate of drug-likeness (QED) is 0.786. The Morgan fingerprint density at radius 3 is 2.63 bits per heavy atom. The number of esters is 1. The van der Waals surface area contributed by atoms with Crippen LogP contribution in [-0.2, 0) is 4.74 Å². The van der Waals surface area contributed by atoms with Gasteiger partial charge in [-0.05, 0) is 36.8 Å². The van der Waals surface area contributed by atoms with Gasteiger partial charge >= 0.3 is 5.97 Å². The first kappa shape index (κ1) is 13.2. The second-order valence-electron chi connectivity index (χ2n) is 3.93. The summed E-state index contributed by atoms with van der Waals surface area (Å²) in [6.45, 7) is 1.98. The van der Waals surface area contributed by atoms with E-state index in [4.69, 9.17) is 4.74 Å². The van der Waals surface area contributed by atoms with Crippen molar-refractivity contribution in [1.82, 2.24) is 0 Å². The third-order valence-electron chi connectivity index (χ3n) is 2.62. The highest BCUT2D eigenvalue weighted by atomic mass is 19.1. The van der Waals surface area contributed by atoms with Gasteiger partial charge < -0.3 is 4.74 Å². The zero-order valence-electron chi connectivity index (χ0n) is 10.3. The van der Waals surface area contributed by atoms with Gasteiger partial charge in [-0.1, -0.05) is 12.1 Å². The molecular weight excluding hydrogens is 250 g/mol. The first-order valence-electron chi connectivity index (χ1n) is 5.84. The molecule has 2 aromatic rings. The minimum Gasteiger partial charge on any atom is -0.462 e. The van der Waals surface area contributed by atoms with Crippen molar-refractivity contribution in [3.05, 3.63) is 59.7 Å². The minimum absolute atomic E-state index is 0.243. The van der Waals surface area contributed by atoms with Crippen molar-refractivity contribution < 1.29 is 18.3 Å². The third-order valence-corrected chi connectivity index (χ3v) is 2.62. The molecule has 0 N–H and O–H groups in total. The van der Waals surface area contributed by atoms with E-state index in [2.05, 4.69) is 0 Å². The van der Waals surface area contributed by atoms with Crippen molar-refractivity contribution in [2.24, 2.45) is 0 Å². The Kier molecular flexibility index (Phi) is 3.90. The lowest BCUT2D eigenvalue weighted by Gasteiger charge is -2.06. The first-order valence-corrected chi connectivity index (χ1v) is 5.84. The van der Waals surface area contributed by atoms with Crippen molar-refractivity contribution in [1.29, 1.82) is 0 Å². The van der Waals surface area contributed by atoms with E-state index in [1.54, 1.807) is 25.1 Å². The van der Waals surface area contributed by atoms with Gasteiger partial charge in [-0.3, -0.25) is 0 Å². The average molecular weight is 262 g/mol. The molecule has 0 unspecified atom stereocenters. The molecular formula is C15H12F2O2. The number of rotatable bonds is 3. The van der Waals surface area contributed by atoms with Crippen molar-refractivity contribution in [3.8, 4) is 11.1 Å². The van der Waals surface area contributed by atoms with Crippen LogP contribution in [0.5, 0.6) is 0 Å². The molecule has 19 heavy (non-hydrogen) atoms. The van der Waals surface area contributed by atoms with E-state index in [1.807, 2.05) is 0 Å². The number of halogens is 2. The van der Waals surface area contributed by atoms with Gasteiger partial charge in [0.05, 0.1) is 12.2 Å². The summed E-state index contributed by atoms with van der Waals surface area (Å²) >= 11 is 0. The van der Waals surface area contributed by atoms with Crippen molar-refractivity contribution in [3.63, 3.8) is 0 Å². The Hall–Kier alpha value is -2.23. The molecule has 2 rings (SSSR count). The van der Waals surface area contributed by atoms with Gasteiger partial charge in [-0.25, -0.2) is 13.6 Å². The van der Waals surface area contributed by atoms with E-state index in [9.17, 15) is 13.6 Å². The van der Waals surface area contributed by atoms with Crippen LogP contribution in [-0.4, -0.2) is 12.6 Å². The molecule has 0 radical (unpaired) electrons. The highest BCUT2D eigenvalue weighted by molar-refractivity contribution is 5.91. The molecule has 0 aliphatic heterocycles. The second kappa shape index (κ2) is 5.61. The predicted octanol–water partition coefficient (Wildman–Crippen LogP) is 3.81. The van der Waals surface area contributed by atoms with Crippen LogP contribution in [0.2, 0.25) is 0 Å². The molecule has 0 saturated heterocycles. The molecule has 0 heterocycles. The number of carbonyl (C=O) groups excluding carboxylic acids is 1. The molecule has 0 saturated carbocycles. The van der Waals surface area contributed by atoms with Gasteiger partial charge in [0.2, 0.25) is 0 Å². The fourth-order valence-corrected chi connectivity index (χ4v) is 1.75. The normalized spacial score (nSPS) is 10.3. The maximum absolute atomic E-state index is 13.7. The van der Waals surface area contributed by atoms with E-state index in [1.165, 1.54) is 18.2 Å². The molecule has 0 fully saturated rings. The molecule has 2 aromatic carbocycles. The van der Waals surface area contributed by atoms with Crippen LogP contribution in [0, 0.1) is 11.6 Å². The zero-order valence-corrected chi connectivity index (χ0v) is 10.3. The van der Waals surface area contributed by atoms with Crippen LogP contribution in [0.4, 0.5) is 8.78 Å². The fraction of sp³-hybridized carbons (Fsp3) is 0.133. The van der Waals surface area contributed by atoms with Crippen LogP contribution < -0.4 is 0 Å². The smallest absolute Gasteiger partial charge is 0.338 e. The van der Waals surface area contributed by atoms with Crippen LogP contribution in [0.25, 0.3) is 11.1 Å². The minimum atomic E-state index is -0.666. The molecule has 4 heteroatoms. The summed E-state index contributed by atoms with van der Waals surface area (Å²) in [5.41, 5.74) is 1.08. The maximum atomic E-state index is 13.7. The molecule has 0 aromatic heterocycles. The number of benzene rings is 2. The van der Waals surface area contributed by atoms with Gasteiger partial charge in [-0.15, -0.1) is 0 Å². The predicted molar refractivity (Wildman–Crippen MR) is 67.8 cm³/mol. The lowest BCUT2D eigenvalue weighted by Crippen LogP contribution is -2.04. The summed E-state index contributed by atoms with van der Waals surface area (Å²) < 4.78 is 31.4. The molecule has 0 bridgehead atoms. The van der Waals surface area contributed by atoms with Crippen molar-refractivity contribution in [2.45, 2.75) is 6.92 Å². The van der Waals surface area contributed by atoms with E-state index in [0.717, 1.165) is 6.07 Å². The second-order valence-corrected chi connectivity index (χ2v) is 3.93. The Labute approximate surface area is 109 Å². The van der Waals surface area contributed by atoms with Gasteiger partial charge in [0.25, 0.3) is 0 Å². The largest absolute Gasteiger partial charge is 0.462 e.